The zero-order valence-electron chi connectivity index (χ0n) is 3.50. The average molecular weight is 132 g/mol. The number of rotatable bonds is 0. The first kappa shape index (κ1) is 4.80. The fraction of sp³-hybridized carbons (Fsp3) is 0. The van der Waals surface area contributed by atoms with Crippen LogP contribution in [0, 0.1) is 0 Å². The molecular weight excluding hydrogens is 128 g/mol. The Hall–Kier alpha value is -0.350. The number of nitrogens with one attached hydrogen (secondary N) is 1. The number of hydrogen-bond acceptors (Lipinski definition) is 3. The smallest absolute Gasteiger partial charge is 0.0490 e. The molecule has 0 fully saturated rings. The molecule has 1 aromatic heterocycles. The number of aromatic amines is 1. The number of hydrogen-bond donors (Lipinski definition) is 1. The molecule has 0 aliphatic heterocycles. The van der Waals surface area contributed by atoms with Crippen molar-refractivity contribution < 1.29 is 0 Å². The second-order valence-corrected chi connectivity index (χ2v) is 2.77. The lowest BCUT2D eigenvalue weighted by molar-refractivity contribution is 1.14. The Labute approximate surface area is 48.7 Å². The topological polar surface area (TPSA) is 28.7 Å². The van der Waals surface area contributed by atoms with Crippen LogP contribution >= 0.6 is 20.9 Å². The molecule has 4 heteroatoms. The summed E-state index contributed by atoms with van der Waals surface area (Å²) in [7, 11) is 3.11. The van der Waals surface area contributed by atoms with Crippen LogP contribution in [0.15, 0.2) is 17.6 Å². The molecule has 0 spiro atoms. The fourth-order valence-corrected chi connectivity index (χ4v) is 1.17. The Morgan fingerprint density at radius 2 is 2.57 bits per heavy atom. The van der Waals surface area contributed by atoms with Gasteiger partial charge in [0.1, 0.15) is 0 Å². The Kier molecular flexibility index (Phi) is 1.89. The van der Waals surface area contributed by atoms with Gasteiger partial charge in [-0.3, -0.25) is 0 Å². The number of H-pyrrole nitrogens is 1. The molecule has 1 aromatic rings. The summed E-state index contributed by atoms with van der Waals surface area (Å²) in [6, 6.07) is 1.89. The van der Waals surface area contributed by atoms with Crippen molar-refractivity contribution in [2.45, 2.75) is 0 Å². The highest BCUT2D eigenvalue weighted by Gasteiger charge is 1.58. The maximum absolute atomic E-state index is 3.75. The van der Waals surface area contributed by atoms with Crippen LogP contribution in [-0.4, -0.2) is 9.59 Å². The molecule has 0 unspecified atom stereocenters. The minimum Gasteiger partial charge on any atom is -0.223 e. The molecule has 0 saturated heterocycles. The van der Waals surface area contributed by atoms with E-state index in [0.29, 0.717) is 0 Å². The van der Waals surface area contributed by atoms with Crippen molar-refractivity contribution in [1.82, 2.24) is 9.59 Å². The molecule has 0 aliphatic carbocycles. The summed E-state index contributed by atoms with van der Waals surface area (Å²) in [4.78, 5) is 0. The molecular formula is C3H4N2S2. The molecule has 0 amide bonds. The average Bonchev–Trinajstić information content (AvgIpc) is 1.90. The Morgan fingerprint density at radius 1 is 1.57 bits per heavy atom. The maximum atomic E-state index is 3.75. The van der Waals surface area contributed by atoms with Crippen molar-refractivity contribution in [1.29, 1.82) is 0 Å². The van der Waals surface area contributed by atoms with E-state index in [-0.39, 0.29) is 0 Å². The van der Waals surface area contributed by atoms with Gasteiger partial charge in [-0.2, -0.15) is 5.10 Å². The summed E-state index contributed by atoms with van der Waals surface area (Å²) < 4.78 is 2.73. The molecule has 0 bridgehead atoms. The molecule has 0 aromatic carbocycles. The molecule has 1 N–H and O–H groups in total. The van der Waals surface area contributed by atoms with E-state index < -0.39 is 0 Å². The largest absolute Gasteiger partial charge is 0.223 e. The predicted molar refractivity (Wildman–Crippen MR) is 32.0 cm³/mol. The van der Waals surface area contributed by atoms with E-state index in [0.717, 1.165) is 0 Å². The first-order chi connectivity index (χ1) is 3.50. The number of aromatic nitrogens is 2. The molecule has 0 saturated carbocycles. The van der Waals surface area contributed by atoms with Crippen LogP contribution < -0.4 is 0 Å². The summed E-state index contributed by atoms with van der Waals surface area (Å²) >= 11 is 0. The zero-order chi connectivity index (χ0) is 4.95. The molecule has 0 atom stereocenters. The quantitative estimate of drug-likeness (QED) is 0.534. The van der Waals surface area contributed by atoms with Crippen LogP contribution in [0.5, 0.6) is 0 Å². The minimum absolute atomic E-state index is 1.50. The fourth-order valence-electron chi connectivity index (χ4n) is 0.211. The second kappa shape index (κ2) is 2.76. The van der Waals surface area contributed by atoms with E-state index in [4.69, 9.17) is 0 Å². The summed E-state index contributed by atoms with van der Waals surface area (Å²) in [5, 5.41) is 5.72. The van der Waals surface area contributed by atoms with Crippen LogP contribution in [0.1, 0.15) is 0 Å². The van der Waals surface area contributed by atoms with Crippen molar-refractivity contribution in [3.63, 3.8) is 0 Å². The van der Waals surface area contributed by atoms with Crippen LogP contribution in [0.25, 0.3) is 0 Å². The predicted octanol–water partition coefficient (Wildman–Crippen LogP) is 1.66. The number of nitrogens with zero attached hydrogens (tertiary/aromatic N) is 1. The summed E-state index contributed by atoms with van der Waals surface area (Å²) in [5.41, 5.74) is 0. The zero-order valence-corrected chi connectivity index (χ0v) is 5.13. The highest BCUT2D eigenvalue weighted by molar-refractivity contribution is 7.65. The van der Waals surface area contributed by atoms with Gasteiger partial charge in [0.2, 0.25) is 0 Å². The third-order valence-corrected chi connectivity index (χ3v) is 1.82. The van der Waals surface area contributed by atoms with Crippen LogP contribution in [0.4, 0.5) is 0 Å². The lowest BCUT2D eigenvalue weighted by Crippen LogP contribution is -1.57. The lowest BCUT2D eigenvalue weighted by Gasteiger charge is -1.58. The van der Waals surface area contributed by atoms with E-state index in [1.165, 1.54) is 10.5 Å². The van der Waals surface area contributed by atoms with Gasteiger partial charge in [0, 0.05) is 22.1 Å². The molecule has 1 heterocycles. The lowest BCUT2D eigenvalue weighted by atomic mass is 10.8. The summed E-state index contributed by atoms with van der Waals surface area (Å²) in [6.45, 7) is 0. The van der Waals surface area contributed by atoms with Gasteiger partial charge in [0.15, 0.2) is 0 Å². The van der Waals surface area contributed by atoms with Crippen LogP contribution in [0.2, 0.25) is 0 Å². The van der Waals surface area contributed by atoms with Crippen LogP contribution in [0.3, 0.4) is 0 Å². The second-order valence-electron chi connectivity index (χ2n) is 0.878. The minimum atomic E-state index is 1.50. The van der Waals surface area contributed by atoms with Gasteiger partial charge in [0.25, 0.3) is 0 Å². The van der Waals surface area contributed by atoms with Crippen molar-refractivity contribution in [3.05, 3.63) is 17.6 Å². The van der Waals surface area contributed by atoms with E-state index in [1.54, 1.807) is 16.5 Å². The van der Waals surface area contributed by atoms with Crippen molar-refractivity contribution >= 4 is 20.9 Å². The van der Waals surface area contributed by atoms with Gasteiger partial charge in [-0.05, 0) is 6.07 Å². The first-order valence-electron chi connectivity index (χ1n) is 1.75. The Balaban J connectivity index is 3.06. The van der Waals surface area contributed by atoms with Crippen LogP contribution in [-0.2, 0) is 0 Å². The van der Waals surface area contributed by atoms with E-state index in [1.807, 2.05) is 11.4 Å². The highest BCUT2D eigenvalue weighted by Crippen LogP contribution is 1.92. The molecule has 1 rings (SSSR count). The van der Waals surface area contributed by atoms with Gasteiger partial charge in [-0.25, -0.2) is 4.49 Å². The molecule has 0 aliphatic rings. The highest BCUT2D eigenvalue weighted by atomic mass is 32.9. The Bertz CT molecular complexity index is 98.9. The molecule has 2 nitrogen and oxygen atoms in total. The SMILES string of the molecule is c1cn[nH]ssc1. The Morgan fingerprint density at radius 3 is 3.57 bits per heavy atom. The van der Waals surface area contributed by atoms with Gasteiger partial charge >= 0.3 is 0 Å². The first-order valence-corrected chi connectivity index (χ1v) is 3.97. The molecule has 38 valence electrons. The molecule has 0 radical (unpaired) electrons. The van der Waals surface area contributed by atoms with E-state index in [9.17, 15) is 0 Å². The van der Waals surface area contributed by atoms with E-state index in [2.05, 4.69) is 9.59 Å². The summed E-state index contributed by atoms with van der Waals surface area (Å²) in [5.74, 6) is 0. The normalized spacial score (nSPS) is 8.00. The van der Waals surface area contributed by atoms with Gasteiger partial charge in [-0.1, -0.05) is 10.3 Å². The van der Waals surface area contributed by atoms with Crippen molar-refractivity contribution in [3.8, 4) is 0 Å². The van der Waals surface area contributed by atoms with E-state index >= 15 is 0 Å². The van der Waals surface area contributed by atoms with Gasteiger partial charge in [0.05, 0.1) is 0 Å². The van der Waals surface area contributed by atoms with Gasteiger partial charge < -0.3 is 0 Å². The molecule has 7 heavy (non-hydrogen) atoms. The standard InChI is InChI=1S/C3H4N2S2/c1-2-4-5-7-6-3-1/h1-3,5H. The maximum Gasteiger partial charge on any atom is 0.0490 e. The third-order valence-electron chi connectivity index (χ3n) is 0.433. The van der Waals surface area contributed by atoms with Crippen molar-refractivity contribution in [2.75, 3.05) is 0 Å². The summed E-state index contributed by atoms with van der Waals surface area (Å²) in [6.07, 6.45) is 1.72. The third kappa shape index (κ3) is 1.70. The van der Waals surface area contributed by atoms with Crippen molar-refractivity contribution in [2.24, 2.45) is 0 Å². The monoisotopic (exact) mass is 132 g/mol. The van der Waals surface area contributed by atoms with Gasteiger partial charge in [-0.15, -0.1) is 0 Å².